The van der Waals surface area contributed by atoms with Gasteiger partial charge in [0.05, 0.1) is 5.92 Å². The summed E-state index contributed by atoms with van der Waals surface area (Å²) in [6, 6.07) is 5.79. The highest BCUT2D eigenvalue weighted by molar-refractivity contribution is 5.85. The van der Waals surface area contributed by atoms with E-state index >= 15 is 0 Å². The van der Waals surface area contributed by atoms with E-state index in [1.165, 1.54) is 0 Å². The van der Waals surface area contributed by atoms with Gasteiger partial charge in [-0.1, -0.05) is 13.0 Å². The Morgan fingerprint density at radius 2 is 2.10 bits per heavy atom. The minimum Gasteiger partial charge on any atom is -0.478 e. The second-order valence-corrected chi connectivity index (χ2v) is 5.11. The van der Waals surface area contributed by atoms with Crippen LogP contribution < -0.4 is 10.2 Å². The standard InChI is InChI=1S/C16H22N2O3/c1-11-9-14(7-5-13(11)6-8-15(19)20)18(4)10-12(2)16(21)17-3/h5-9,12H,10H2,1-4H3,(H,17,21)(H,19,20)/b8-6+. The molecule has 5 nitrogen and oxygen atoms in total. The van der Waals surface area contributed by atoms with Gasteiger partial charge in [0.25, 0.3) is 0 Å². The molecule has 1 amide bonds. The molecule has 0 radical (unpaired) electrons. The van der Waals surface area contributed by atoms with E-state index in [2.05, 4.69) is 5.32 Å². The summed E-state index contributed by atoms with van der Waals surface area (Å²) >= 11 is 0. The number of hydrogen-bond acceptors (Lipinski definition) is 3. The van der Waals surface area contributed by atoms with Crippen molar-refractivity contribution >= 4 is 23.6 Å². The van der Waals surface area contributed by atoms with Gasteiger partial charge in [-0.25, -0.2) is 4.79 Å². The summed E-state index contributed by atoms with van der Waals surface area (Å²) in [6.45, 7) is 4.43. The van der Waals surface area contributed by atoms with E-state index in [0.717, 1.165) is 22.9 Å². The van der Waals surface area contributed by atoms with Gasteiger partial charge >= 0.3 is 5.97 Å². The van der Waals surface area contributed by atoms with E-state index in [1.807, 2.05) is 44.0 Å². The smallest absolute Gasteiger partial charge is 0.328 e. The third-order valence-corrected chi connectivity index (χ3v) is 3.34. The Morgan fingerprint density at radius 1 is 1.43 bits per heavy atom. The zero-order chi connectivity index (χ0) is 16.0. The van der Waals surface area contributed by atoms with Crippen LogP contribution in [0.5, 0.6) is 0 Å². The predicted molar refractivity (Wildman–Crippen MR) is 84.3 cm³/mol. The fourth-order valence-corrected chi connectivity index (χ4v) is 2.09. The molecule has 0 heterocycles. The van der Waals surface area contributed by atoms with Crippen molar-refractivity contribution in [1.82, 2.24) is 5.32 Å². The number of aliphatic carboxylic acids is 1. The topological polar surface area (TPSA) is 69.6 Å². The molecule has 0 aliphatic carbocycles. The Labute approximate surface area is 125 Å². The maximum atomic E-state index is 11.5. The lowest BCUT2D eigenvalue weighted by atomic mass is 10.1. The molecule has 1 unspecified atom stereocenters. The first kappa shape index (κ1) is 16.8. The maximum Gasteiger partial charge on any atom is 0.328 e. The number of nitrogens with zero attached hydrogens (tertiary/aromatic N) is 1. The second kappa shape index (κ2) is 7.47. The fourth-order valence-electron chi connectivity index (χ4n) is 2.09. The minimum absolute atomic E-state index is 0.0135. The SMILES string of the molecule is CNC(=O)C(C)CN(C)c1ccc(/C=C/C(=O)O)c(C)c1. The molecule has 21 heavy (non-hydrogen) atoms. The van der Waals surface area contributed by atoms with Crippen molar-refractivity contribution in [2.24, 2.45) is 5.92 Å². The van der Waals surface area contributed by atoms with Crippen LogP contribution in [0.1, 0.15) is 18.1 Å². The van der Waals surface area contributed by atoms with Gasteiger partial charge in [-0.05, 0) is 36.3 Å². The molecular formula is C16H22N2O3. The van der Waals surface area contributed by atoms with E-state index in [1.54, 1.807) is 13.1 Å². The Balaban J connectivity index is 2.83. The van der Waals surface area contributed by atoms with Gasteiger partial charge in [-0.3, -0.25) is 4.79 Å². The minimum atomic E-state index is -0.963. The zero-order valence-corrected chi connectivity index (χ0v) is 12.9. The summed E-state index contributed by atoms with van der Waals surface area (Å²) < 4.78 is 0. The fraction of sp³-hybridized carbons (Fsp3) is 0.375. The summed E-state index contributed by atoms with van der Waals surface area (Å²) in [7, 11) is 3.56. The van der Waals surface area contributed by atoms with Crippen LogP contribution in [0.25, 0.3) is 6.08 Å². The van der Waals surface area contributed by atoms with Crippen molar-refractivity contribution in [2.45, 2.75) is 13.8 Å². The molecule has 1 rings (SSSR count). The van der Waals surface area contributed by atoms with Crippen molar-refractivity contribution in [1.29, 1.82) is 0 Å². The van der Waals surface area contributed by atoms with Crippen molar-refractivity contribution < 1.29 is 14.7 Å². The molecule has 0 saturated carbocycles. The molecule has 0 aromatic heterocycles. The van der Waals surface area contributed by atoms with Crippen molar-refractivity contribution in [3.63, 3.8) is 0 Å². The lowest BCUT2D eigenvalue weighted by Gasteiger charge is -2.23. The Kier molecular flexibility index (Phi) is 5.96. The first-order chi connectivity index (χ1) is 9.85. The Bertz CT molecular complexity index is 552. The lowest BCUT2D eigenvalue weighted by molar-refractivity contribution is -0.131. The molecule has 0 aliphatic rings. The number of rotatable bonds is 6. The Morgan fingerprint density at radius 3 is 2.62 bits per heavy atom. The molecule has 0 bridgehead atoms. The molecule has 1 atom stereocenters. The summed E-state index contributed by atoms with van der Waals surface area (Å²) in [5, 5.41) is 11.3. The van der Waals surface area contributed by atoms with Crippen LogP contribution in [0.3, 0.4) is 0 Å². The van der Waals surface area contributed by atoms with Crippen LogP contribution in [0.2, 0.25) is 0 Å². The molecule has 5 heteroatoms. The average Bonchev–Trinajstić information content (AvgIpc) is 2.44. The number of aryl methyl sites for hydroxylation is 1. The number of carbonyl (C=O) groups excluding carboxylic acids is 1. The quantitative estimate of drug-likeness (QED) is 0.785. The number of anilines is 1. The van der Waals surface area contributed by atoms with E-state index < -0.39 is 5.97 Å². The third kappa shape index (κ3) is 4.95. The molecule has 0 aliphatic heterocycles. The normalized spacial score (nSPS) is 12.2. The van der Waals surface area contributed by atoms with Crippen molar-refractivity contribution in [3.8, 4) is 0 Å². The molecule has 0 saturated heterocycles. The maximum absolute atomic E-state index is 11.5. The van der Waals surface area contributed by atoms with Gasteiger partial charge < -0.3 is 15.3 Å². The van der Waals surface area contributed by atoms with E-state index in [4.69, 9.17) is 5.11 Å². The van der Waals surface area contributed by atoms with Crippen LogP contribution in [0.4, 0.5) is 5.69 Å². The molecule has 0 spiro atoms. The van der Waals surface area contributed by atoms with Gasteiger partial charge in [0.1, 0.15) is 0 Å². The molecule has 2 N–H and O–H groups in total. The number of amides is 1. The van der Waals surface area contributed by atoms with Crippen LogP contribution in [0, 0.1) is 12.8 Å². The van der Waals surface area contributed by atoms with E-state index in [0.29, 0.717) is 6.54 Å². The molecule has 0 fully saturated rings. The Hall–Kier alpha value is -2.30. The molecular weight excluding hydrogens is 268 g/mol. The largest absolute Gasteiger partial charge is 0.478 e. The number of nitrogens with one attached hydrogen (secondary N) is 1. The van der Waals surface area contributed by atoms with Gasteiger partial charge in [-0.2, -0.15) is 0 Å². The van der Waals surface area contributed by atoms with E-state index in [-0.39, 0.29) is 11.8 Å². The molecule has 1 aromatic rings. The zero-order valence-electron chi connectivity index (χ0n) is 12.9. The highest BCUT2D eigenvalue weighted by Crippen LogP contribution is 2.20. The summed E-state index contributed by atoms with van der Waals surface area (Å²) in [6.07, 6.45) is 2.70. The van der Waals surface area contributed by atoms with Crippen LogP contribution in [0.15, 0.2) is 24.3 Å². The van der Waals surface area contributed by atoms with Crippen molar-refractivity contribution in [2.75, 3.05) is 25.5 Å². The number of hydrogen-bond donors (Lipinski definition) is 2. The monoisotopic (exact) mass is 290 g/mol. The van der Waals surface area contributed by atoms with Gasteiger partial charge in [0.2, 0.25) is 5.91 Å². The highest BCUT2D eigenvalue weighted by atomic mass is 16.4. The number of carboxylic acid groups (broad SMARTS) is 1. The molecule has 1 aromatic carbocycles. The number of benzene rings is 1. The highest BCUT2D eigenvalue weighted by Gasteiger charge is 2.14. The molecule has 114 valence electrons. The number of carbonyl (C=O) groups is 2. The lowest BCUT2D eigenvalue weighted by Crippen LogP contribution is -2.34. The first-order valence-corrected chi connectivity index (χ1v) is 6.79. The van der Waals surface area contributed by atoms with Gasteiger partial charge in [0, 0.05) is 32.4 Å². The van der Waals surface area contributed by atoms with Crippen LogP contribution in [-0.2, 0) is 9.59 Å². The predicted octanol–water partition coefficient (Wildman–Crippen LogP) is 1.91. The van der Waals surface area contributed by atoms with Crippen LogP contribution >= 0.6 is 0 Å². The average molecular weight is 290 g/mol. The summed E-state index contributed by atoms with van der Waals surface area (Å²) in [5.74, 6) is -1.05. The summed E-state index contributed by atoms with van der Waals surface area (Å²) in [4.78, 5) is 24.1. The van der Waals surface area contributed by atoms with E-state index in [9.17, 15) is 9.59 Å². The third-order valence-electron chi connectivity index (χ3n) is 3.34. The summed E-state index contributed by atoms with van der Waals surface area (Å²) in [5.41, 5.74) is 2.86. The van der Waals surface area contributed by atoms with Crippen LogP contribution in [-0.4, -0.2) is 37.6 Å². The van der Waals surface area contributed by atoms with Gasteiger partial charge in [0.15, 0.2) is 0 Å². The van der Waals surface area contributed by atoms with Gasteiger partial charge in [-0.15, -0.1) is 0 Å². The second-order valence-electron chi connectivity index (χ2n) is 5.11. The number of carboxylic acids is 1. The van der Waals surface area contributed by atoms with Crippen molar-refractivity contribution in [3.05, 3.63) is 35.4 Å². The first-order valence-electron chi connectivity index (χ1n) is 6.79.